The molecule has 0 radical (unpaired) electrons. The van der Waals surface area contributed by atoms with Crippen molar-refractivity contribution in [1.82, 2.24) is 25.4 Å². The third kappa shape index (κ3) is 6.10. The number of rotatable bonds is 12. The van der Waals surface area contributed by atoms with E-state index in [9.17, 15) is 4.79 Å². The predicted octanol–water partition coefficient (Wildman–Crippen LogP) is 4.65. The van der Waals surface area contributed by atoms with Crippen molar-refractivity contribution in [1.29, 1.82) is 0 Å². The van der Waals surface area contributed by atoms with Gasteiger partial charge < -0.3 is 15.4 Å². The zero-order chi connectivity index (χ0) is 24.0. The summed E-state index contributed by atoms with van der Waals surface area (Å²) in [6, 6.07) is 2.67. The van der Waals surface area contributed by atoms with Crippen molar-refractivity contribution in [3.63, 3.8) is 0 Å². The predicted molar refractivity (Wildman–Crippen MR) is 135 cm³/mol. The summed E-state index contributed by atoms with van der Waals surface area (Å²) >= 11 is 0. The molecule has 0 fully saturated rings. The number of nitrogens with one attached hydrogen (secondary N) is 2. The van der Waals surface area contributed by atoms with Crippen LogP contribution in [0.1, 0.15) is 111 Å². The van der Waals surface area contributed by atoms with Crippen LogP contribution in [0.25, 0.3) is 0 Å². The lowest BCUT2D eigenvalue weighted by Crippen LogP contribution is -2.25. The molecule has 2 atom stereocenters. The third-order valence-electron chi connectivity index (χ3n) is 6.88. The van der Waals surface area contributed by atoms with Gasteiger partial charge in [-0.15, -0.1) is 0 Å². The van der Waals surface area contributed by atoms with Crippen LogP contribution < -0.4 is 10.6 Å². The molecule has 2 unspecified atom stereocenters. The van der Waals surface area contributed by atoms with Crippen molar-refractivity contribution in [3.05, 3.63) is 46.0 Å². The lowest BCUT2D eigenvalue weighted by molar-refractivity contribution is -0.108. The number of aldehydes is 1. The van der Waals surface area contributed by atoms with Gasteiger partial charge in [0.25, 0.3) is 0 Å². The molecule has 6 nitrogen and oxygen atoms in total. The molecule has 1 aliphatic heterocycles. The quantitative estimate of drug-likeness (QED) is 0.458. The molecule has 0 aliphatic carbocycles. The standard InChI is InChI=1S/C27H43N5O/c1-18(2)24-16-30-32(27(24)20(5)17-33)23(10-12-28-6)9-7-8-21-14-22-15-29-13-11-25(22)31-26(21)19(3)4/h14,16-20,23,28-29H,7-13,15H2,1-6H3. The first kappa shape index (κ1) is 25.6. The minimum Gasteiger partial charge on any atom is -0.320 e. The molecule has 3 heterocycles. The normalized spacial score (nSPS) is 15.6. The smallest absolute Gasteiger partial charge is 0.128 e. The number of aryl methyl sites for hydroxylation is 1. The molecule has 2 aromatic rings. The first-order chi connectivity index (χ1) is 15.9. The monoisotopic (exact) mass is 453 g/mol. The highest BCUT2D eigenvalue weighted by Crippen LogP contribution is 2.31. The van der Waals surface area contributed by atoms with Gasteiger partial charge in [0, 0.05) is 30.9 Å². The summed E-state index contributed by atoms with van der Waals surface area (Å²) in [6.45, 7) is 13.7. The van der Waals surface area contributed by atoms with Crippen molar-refractivity contribution in [3.8, 4) is 0 Å². The largest absolute Gasteiger partial charge is 0.320 e. The third-order valence-corrected chi connectivity index (χ3v) is 6.88. The Bertz CT molecular complexity index is 917. The number of carbonyl (C=O) groups excluding carboxylic acids is 1. The maximum atomic E-state index is 11.7. The molecule has 2 aromatic heterocycles. The van der Waals surface area contributed by atoms with Crippen LogP contribution in [0, 0.1) is 0 Å². The Morgan fingerprint density at radius 1 is 1.18 bits per heavy atom. The Morgan fingerprint density at radius 2 is 1.97 bits per heavy atom. The van der Waals surface area contributed by atoms with Crippen molar-refractivity contribution in [2.24, 2.45) is 0 Å². The number of carbonyl (C=O) groups is 1. The van der Waals surface area contributed by atoms with Crippen molar-refractivity contribution >= 4 is 6.29 Å². The van der Waals surface area contributed by atoms with Crippen LogP contribution in [0.2, 0.25) is 0 Å². The number of pyridine rings is 1. The van der Waals surface area contributed by atoms with Crippen LogP contribution >= 0.6 is 0 Å². The highest BCUT2D eigenvalue weighted by Gasteiger charge is 2.24. The lowest BCUT2D eigenvalue weighted by atomic mass is 9.93. The fourth-order valence-electron chi connectivity index (χ4n) is 5.04. The zero-order valence-corrected chi connectivity index (χ0v) is 21.4. The highest BCUT2D eigenvalue weighted by atomic mass is 16.1. The second kappa shape index (κ2) is 11.9. The van der Waals surface area contributed by atoms with Gasteiger partial charge in [0.05, 0.1) is 23.9 Å². The SMILES string of the molecule is CNCCC(CCCc1cc2c(nc1C(C)C)CCNC2)n1ncc(C(C)C)c1C(C)C=O. The number of nitrogens with zero attached hydrogens (tertiary/aromatic N) is 3. The highest BCUT2D eigenvalue weighted by molar-refractivity contribution is 5.61. The van der Waals surface area contributed by atoms with E-state index in [0.717, 1.165) is 63.7 Å². The van der Waals surface area contributed by atoms with E-state index in [2.05, 4.69) is 49.1 Å². The topological polar surface area (TPSA) is 71.8 Å². The molecule has 2 N–H and O–H groups in total. The van der Waals surface area contributed by atoms with E-state index in [1.807, 2.05) is 20.2 Å². The van der Waals surface area contributed by atoms with Crippen LogP contribution in [0.4, 0.5) is 0 Å². The van der Waals surface area contributed by atoms with Crippen LogP contribution in [-0.2, 0) is 24.2 Å². The molecule has 182 valence electrons. The van der Waals surface area contributed by atoms with E-state index in [1.54, 1.807) is 0 Å². The Hall–Kier alpha value is -2.05. The second-order valence-corrected chi connectivity index (χ2v) is 10.2. The molecule has 0 saturated heterocycles. The maximum Gasteiger partial charge on any atom is 0.128 e. The Balaban J connectivity index is 1.81. The van der Waals surface area contributed by atoms with Gasteiger partial charge in [-0.25, -0.2) is 0 Å². The molecule has 0 aromatic carbocycles. The fraction of sp³-hybridized carbons (Fsp3) is 0.667. The van der Waals surface area contributed by atoms with Crippen LogP contribution in [0.5, 0.6) is 0 Å². The van der Waals surface area contributed by atoms with Gasteiger partial charge in [0.1, 0.15) is 6.29 Å². The summed E-state index contributed by atoms with van der Waals surface area (Å²) < 4.78 is 2.16. The molecule has 1 aliphatic rings. The van der Waals surface area contributed by atoms with E-state index >= 15 is 0 Å². The molecule has 6 heteroatoms. The molecule has 33 heavy (non-hydrogen) atoms. The van der Waals surface area contributed by atoms with E-state index in [-0.39, 0.29) is 12.0 Å². The van der Waals surface area contributed by atoms with Crippen LogP contribution in [0.3, 0.4) is 0 Å². The number of aromatic nitrogens is 3. The first-order valence-electron chi connectivity index (χ1n) is 12.8. The van der Waals surface area contributed by atoms with Gasteiger partial charge in [-0.2, -0.15) is 5.10 Å². The van der Waals surface area contributed by atoms with E-state index < -0.39 is 0 Å². The fourth-order valence-corrected chi connectivity index (χ4v) is 5.04. The van der Waals surface area contributed by atoms with E-state index in [1.165, 1.54) is 28.1 Å². The molecule has 0 amide bonds. The summed E-state index contributed by atoms with van der Waals surface area (Å²) in [4.78, 5) is 16.8. The summed E-state index contributed by atoms with van der Waals surface area (Å²) in [5, 5.41) is 11.6. The number of fused-ring (bicyclic) bond motifs is 1. The number of hydrogen-bond donors (Lipinski definition) is 2. The van der Waals surface area contributed by atoms with Gasteiger partial charge in [-0.05, 0) is 67.8 Å². The minimum absolute atomic E-state index is 0.146. The van der Waals surface area contributed by atoms with Crippen molar-refractivity contribution in [2.75, 3.05) is 20.1 Å². The first-order valence-corrected chi connectivity index (χ1v) is 12.8. The number of hydrogen-bond acceptors (Lipinski definition) is 5. The zero-order valence-electron chi connectivity index (χ0n) is 21.4. The van der Waals surface area contributed by atoms with E-state index in [4.69, 9.17) is 10.1 Å². The van der Waals surface area contributed by atoms with Crippen LogP contribution in [0.15, 0.2) is 12.3 Å². The Kier molecular flexibility index (Phi) is 9.21. The molecule has 0 saturated carbocycles. The summed E-state index contributed by atoms with van der Waals surface area (Å²) in [5.41, 5.74) is 7.58. The van der Waals surface area contributed by atoms with Crippen LogP contribution in [-0.4, -0.2) is 41.2 Å². The van der Waals surface area contributed by atoms with Gasteiger partial charge in [0.15, 0.2) is 0 Å². The minimum atomic E-state index is -0.146. The average molecular weight is 454 g/mol. The van der Waals surface area contributed by atoms with Gasteiger partial charge in [0.2, 0.25) is 0 Å². The molecular formula is C27H43N5O. The molecule has 0 bridgehead atoms. The molecular weight excluding hydrogens is 410 g/mol. The van der Waals surface area contributed by atoms with Gasteiger partial charge in [-0.1, -0.05) is 40.7 Å². The van der Waals surface area contributed by atoms with E-state index in [0.29, 0.717) is 11.8 Å². The summed E-state index contributed by atoms with van der Waals surface area (Å²) in [5.74, 6) is 0.636. The lowest BCUT2D eigenvalue weighted by Gasteiger charge is -2.24. The maximum absolute atomic E-state index is 11.7. The van der Waals surface area contributed by atoms with Gasteiger partial charge >= 0.3 is 0 Å². The second-order valence-electron chi connectivity index (χ2n) is 10.2. The summed E-state index contributed by atoms with van der Waals surface area (Å²) in [7, 11) is 2.00. The van der Waals surface area contributed by atoms with Gasteiger partial charge in [-0.3, -0.25) is 9.67 Å². The Morgan fingerprint density at radius 3 is 2.64 bits per heavy atom. The molecule has 3 rings (SSSR count). The Labute approximate surface area is 200 Å². The summed E-state index contributed by atoms with van der Waals surface area (Å²) in [6.07, 6.45) is 8.19. The molecule has 0 spiro atoms. The van der Waals surface area contributed by atoms with Crippen molar-refractivity contribution < 1.29 is 4.79 Å². The van der Waals surface area contributed by atoms with Crippen molar-refractivity contribution in [2.45, 2.75) is 97.1 Å². The average Bonchev–Trinajstić information content (AvgIpc) is 3.25.